The lowest BCUT2D eigenvalue weighted by Crippen LogP contribution is -2.29. The molecular formula is C13H17BrF2N2O2. The number of halogens is 3. The van der Waals surface area contributed by atoms with Crippen LogP contribution in [0.5, 0.6) is 0 Å². The highest BCUT2D eigenvalue weighted by molar-refractivity contribution is 9.10. The number of rotatable bonds is 7. The zero-order valence-corrected chi connectivity index (χ0v) is 13.0. The second-order valence-electron chi connectivity index (χ2n) is 4.42. The van der Waals surface area contributed by atoms with E-state index in [1.165, 1.54) is 0 Å². The van der Waals surface area contributed by atoms with Crippen molar-refractivity contribution in [1.82, 2.24) is 10.2 Å². The Kier molecular flexibility index (Phi) is 7.04. The molecule has 0 unspecified atom stereocenters. The van der Waals surface area contributed by atoms with Gasteiger partial charge in [-0.05, 0) is 26.2 Å². The Balaban J connectivity index is 2.40. The summed E-state index contributed by atoms with van der Waals surface area (Å²) in [5, 5.41) is 2.42. The van der Waals surface area contributed by atoms with Crippen molar-refractivity contribution in [1.29, 1.82) is 0 Å². The first-order chi connectivity index (χ1) is 9.41. The highest BCUT2D eigenvalue weighted by atomic mass is 79.9. The third-order valence-corrected chi connectivity index (χ3v) is 2.91. The third kappa shape index (κ3) is 5.52. The lowest BCUT2D eigenvalue weighted by atomic mass is 10.2. The van der Waals surface area contributed by atoms with E-state index in [0.29, 0.717) is 13.2 Å². The Labute approximate surface area is 125 Å². The molecule has 1 aromatic rings. The first kappa shape index (κ1) is 17.0. The molecule has 0 atom stereocenters. The molecule has 4 nitrogen and oxygen atoms in total. The molecule has 7 heteroatoms. The van der Waals surface area contributed by atoms with Gasteiger partial charge in [0, 0.05) is 17.6 Å². The van der Waals surface area contributed by atoms with Crippen LogP contribution in [0.4, 0.5) is 8.78 Å². The summed E-state index contributed by atoms with van der Waals surface area (Å²) in [5.41, 5.74) is -0.582. The predicted octanol–water partition coefficient (Wildman–Crippen LogP) is 2.04. The molecule has 0 aliphatic carbocycles. The number of hydrogen-bond donors (Lipinski definition) is 1. The van der Waals surface area contributed by atoms with Gasteiger partial charge in [0.1, 0.15) is 17.2 Å². The number of nitrogens with one attached hydrogen (secondary N) is 1. The monoisotopic (exact) mass is 350 g/mol. The van der Waals surface area contributed by atoms with E-state index in [1.807, 2.05) is 19.0 Å². The summed E-state index contributed by atoms with van der Waals surface area (Å²) in [6.45, 7) is 1.79. The SMILES string of the molecule is CN(C)CCOCCNC(=O)c1c(F)cc(Br)cc1F. The van der Waals surface area contributed by atoms with E-state index in [4.69, 9.17) is 4.74 Å². The van der Waals surface area contributed by atoms with E-state index >= 15 is 0 Å². The normalized spacial score (nSPS) is 10.9. The van der Waals surface area contributed by atoms with Crippen LogP contribution in [0.25, 0.3) is 0 Å². The van der Waals surface area contributed by atoms with Crippen molar-refractivity contribution in [2.75, 3.05) is 40.4 Å². The lowest BCUT2D eigenvalue weighted by Gasteiger charge is -2.10. The average Bonchev–Trinajstić information content (AvgIpc) is 2.31. The van der Waals surface area contributed by atoms with E-state index in [9.17, 15) is 13.6 Å². The fourth-order valence-corrected chi connectivity index (χ4v) is 1.84. The van der Waals surface area contributed by atoms with Crippen LogP contribution in [0, 0.1) is 11.6 Å². The topological polar surface area (TPSA) is 41.6 Å². The summed E-state index contributed by atoms with van der Waals surface area (Å²) < 4.78 is 32.5. The molecule has 0 heterocycles. The molecule has 0 fully saturated rings. The maximum absolute atomic E-state index is 13.5. The molecule has 1 amide bonds. The van der Waals surface area contributed by atoms with Crippen molar-refractivity contribution < 1.29 is 18.3 Å². The highest BCUT2D eigenvalue weighted by Gasteiger charge is 2.17. The van der Waals surface area contributed by atoms with Crippen LogP contribution >= 0.6 is 15.9 Å². The maximum atomic E-state index is 13.5. The van der Waals surface area contributed by atoms with Crippen LogP contribution < -0.4 is 5.32 Å². The van der Waals surface area contributed by atoms with Crippen LogP contribution in [0.3, 0.4) is 0 Å². The molecule has 20 heavy (non-hydrogen) atoms. The van der Waals surface area contributed by atoms with Gasteiger partial charge in [-0.15, -0.1) is 0 Å². The van der Waals surface area contributed by atoms with Crippen molar-refractivity contribution in [3.05, 3.63) is 33.8 Å². The number of benzene rings is 1. The standard InChI is InChI=1S/C13H17BrF2N2O2/c1-18(2)4-6-20-5-3-17-13(19)12-10(15)7-9(14)8-11(12)16/h7-8H,3-6H2,1-2H3,(H,17,19). The number of carbonyl (C=O) groups excluding carboxylic acids is 1. The summed E-state index contributed by atoms with van der Waals surface area (Å²) in [7, 11) is 3.84. The van der Waals surface area contributed by atoms with Crippen molar-refractivity contribution in [3.63, 3.8) is 0 Å². The second-order valence-corrected chi connectivity index (χ2v) is 5.33. The van der Waals surface area contributed by atoms with E-state index in [1.54, 1.807) is 0 Å². The largest absolute Gasteiger partial charge is 0.378 e. The molecule has 0 aliphatic heterocycles. The van der Waals surface area contributed by atoms with E-state index < -0.39 is 23.1 Å². The van der Waals surface area contributed by atoms with Gasteiger partial charge in [-0.1, -0.05) is 15.9 Å². The van der Waals surface area contributed by atoms with Crippen molar-refractivity contribution in [2.24, 2.45) is 0 Å². The Morgan fingerprint density at radius 3 is 2.45 bits per heavy atom. The van der Waals surface area contributed by atoms with Crippen molar-refractivity contribution >= 4 is 21.8 Å². The molecule has 1 rings (SSSR count). The fourth-order valence-electron chi connectivity index (χ4n) is 1.43. The number of carbonyl (C=O) groups is 1. The van der Waals surface area contributed by atoms with E-state index in [-0.39, 0.29) is 11.0 Å². The van der Waals surface area contributed by atoms with Gasteiger partial charge in [-0.2, -0.15) is 0 Å². The van der Waals surface area contributed by atoms with Crippen LogP contribution in [-0.2, 0) is 4.74 Å². The highest BCUT2D eigenvalue weighted by Crippen LogP contribution is 2.19. The number of likely N-dealkylation sites (N-methyl/N-ethyl adjacent to an activating group) is 1. The van der Waals surface area contributed by atoms with E-state index in [0.717, 1.165) is 18.7 Å². The van der Waals surface area contributed by atoms with Crippen LogP contribution in [0.2, 0.25) is 0 Å². The van der Waals surface area contributed by atoms with Crippen LogP contribution in [0.1, 0.15) is 10.4 Å². The smallest absolute Gasteiger partial charge is 0.257 e. The zero-order valence-electron chi connectivity index (χ0n) is 11.4. The molecule has 1 aromatic carbocycles. The van der Waals surface area contributed by atoms with Gasteiger partial charge in [-0.25, -0.2) is 8.78 Å². The van der Waals surface area contributed by atoms with Gasteiger partial charge >= 0.3 is 0 Å². The first-order valence-corrected chi connectivity index (χ1v) is 6.86. The zero-order chi connectivity index (χ0) is 15.1. The fraction of sp³-hybridized carbons (Fsp3) is 0.462. The predicted molar refractivity (Wildman–Crippen MR) is 75.8 cm³/mol. The molecule has 0 saturated carbocycles. The molecule has 0 aromatic heterocycles. The third-order valence-electron chi connectivity index (χ3n) is 2.45. The molecular weight excluding hydrogens is 334 g/mol. The van der Waals surface area contributed by atoms with Crippen molar-refractivity contribution in [2.45, 2.75) is 0 Å². The summed E-state index contributed by atoms with van der Waals surface area (Å²) in [5.74, 6) is -2.59. The summed E-state index contributed by atoms with van der Waals surface area (Å²) in [6, 6.07) is 2.09. The molecule has 0 bridgehead atoms. The van der Waals surface area contributed by atoms with Crippen LogP contribution in [-0.4, -0.2) is 51.2 Å². The Bertz CT molecular complexity index is 447. The van der Waals surface area contributed by atoms with E-state index in [2.05, 4.69) is 21.2 Å². The Morgan fingerprint density at radius 2 is 1.90 bits per heavy atom. The Morgan fingerprint density at radius 1 is 1.30 bits per heavy atom. The van der Waals surface area contributed by atoms with Crippen LogP contribution in [0.15, 0.2) is 16.6 Å². The number of ether oxygens (including phenoxy) is 1. The van der Waals surface area contributed by atoms with Gasteiger partial charge in [0.2, 0.25) is 0 Å². The lowest BCUT2D eigenvalue weighted by molar-refractivity contribution is 0.0892. The van der Waals surface area contributed by atoms with Gasteiger partial charge in [0.05, 0.1) is 13.2 Å². The Hall–Kier alpha value is -1.05. The number of hydrogen-bond acceptors (Lipinski definition) is 3. The minimum atomic E-state index is -0.900. The van der Waals surface area contributed by atoms with Gasteiger partial charge in [0.15, 0.2) is 0 Å². The minimum absolute atomic E-state index is 0.196. The molecule has 112 valence electrons. The quantitative estimate of drug-likeness (QED) is 0.765. The van der Waals surface area contributed by atoms with Gasteiger partial charge in [0.25, 0.3) is 5.91 Å². The van der Waals surface area contributed by atoms with Gasteiger partial charge < -0.3 is 15.0 Å². The number of amides is 1. The summed E-state index contributed by atoms with van der Waals surface area (Å²) >= 11 is 2.95. The molecule has 0 saturated heterocycles. The van der Waals surface area contributed by atoms with Crippen molar-refractivity contribution in [3.8, 4) is 0 Å². The first-order valence-electron chi connectivity index (χ1n) is 6.07. The van der Waals surface area contributed by atoms with Gasteiger partial charge in [-0.3, -0.25) is 4.79 Å². The maximum Gasteiger partial charge on any atom is 0.257 e. The minimum Gasteiger partial charge on any atom is -0.378 e. The molecule has 0 spiro atoms. The molecule has 0 aliphatic rings. The molecule has 1 N–H and O–H groups in total. The number of nitrogens with zero attached hydrogens (tertiary/aromatic N) is 1. The average molecular weight is 351 g/mol. The summed E-state index contributed by atoms with van der Waals surface area (Å²) in [6.07, 6.45) is 0. The summed E-state index contributed by atoms with van der Waals surface area (Å²) in [4.78, 5) is 13.6. The second kappa shape index (κ2) is 8.28. The molecule has 0 radical (unpaired) electrons.